The van der Waals surface area contributed by atoms with Gasteiger partial charge in [0.15, 0.2) is 0 Å². The van der Waals surface area contributed by atoms with Crippen molar-refractivity contribution in [3.05, 3.63) is 129 Å². The monoisotopic (exact) mass is 756 g/mol. The maximum absolute atomic E-state index is 13.1. The normalized spacial score (nSPS) is 16.4. The smallest absolute Gasteiger partial charge is 0.262 e. The van der Waals surface area contributed by atoms with Crippen molar-refractivity contribution in [2.45, 2.75) is 64.7 Å². The number of nitrogens with zero attached hydrogens (tertiary/aromatic N) is 3. The summed E-state index contributed by atoms with van der Waals surface area (Å²) in [4.78, 5) is 36.9. The number of anilines is 2. The third-order valence-electron chi connectivity index (χ3n) is 10.7. The first-order valence-electron chi connectivity index (χ1n) is 18.8. The molecule has 2 aromatic heterocycles. The largest absolute Gasteiger partial charge is 0.497 e. The molecule has 290 valence electrons. The Bertz CT molecular complexity index is 2260. The maximum Gasteiger partial charge on any atom is 0.262 e. The first-order valence-corrected chi connectivity index (χ1v) is 18.8. The van der Waals surface area contributed by atoms with E-state index in [2.05, 4.69) is 21.7 Å². The lowest BCUT2D eigenvalue weighted by Gasteiger charge is -2.23. The molecule has 3 heterocycles. The van der Waals surface area contributed by atoms with E-state index in [1.54, 1.807) is 52.7 Å². The molecule has 2 atom stereocenters. The number of amides is 2. The predicted molar refractivity (Wildman–Crippen MR) is 215 cm³/mol. The Hall–Kier alpha value is -6.14. The Balaban J connectivity index is 0.000000183. The van der Waals surface area contributed by atoms with E-state index in [0.29, 0.717) is 30.6 Å². The zero-order valence-electron chi connectivity index (χ0n) is 32.7. The minimum absolute atomic E-state index is 0.128. The van der Waals surface area contributed by atoms with Gasteiger partial charge in [-0.25, -0.2) is 9.97 Å². The highest BCUT2D eigenvalue weighted by Crippen LogP contribution is 2.43. The number of hydrogen-bond donors (Lipinski definition) is 3. The quantitative estimate of drug-likeness (QED) is 0.117. The van der Waals surface area contributed by atoms with Gasteiger partial charge in [0.05, 0.1) is 45.6 Å². The van der Waals surface area contributed by atoms with Crippen LogP contribution in [0.25, 0.3) is 0 Å². The van der Waals surface area contributed by atoms with Crippen molar-refractivity contribution in [3.8, 4) is 23.0 Å². The van der Waals surface area contributed by atoms with Crippen molar-refractivity contribution in [2.75, 3.05) is 39.1 Å². The van der Waals surface area contributed by atoms with Crippen molar-refractivity contribution in [2.24, 2.45) is 5.73 Å². The van der Waals surface area contributed by atoms with Crippen molar-refractivity contribution >= 4 is 23.5 Å². The van der Waals surface area contributed by atoms with Crippen LogP contribution in [0.4, 0.5) is 11.6 Å². The van der Waals surface area contributed by atoms with Crippen LogP contribution in [-0.4, -0.2) is 55.1 Å². The predicted octanol–water partition coefficient (Wildman–Crippen LogP) is 7.27. The zero-order chi connectivity index (χ0) is 39.5. The van der Waals surface area contributed by atoms with E-state index >= 15 is 0 Å². The molecule has 1 aliphatic heterocycles. The lowest BCUT2D eigenvalue weighted by Crippen LogP contribution is -2.33. The molecule has 0 saturated carbocycles. The number of imide groups is 1. The summed E-state index contributed by atoms with van der Waals surface area (Å²) in [6, 6.07) is 22.5. The highest BCUT2D eigenvalue weighted by atomic mass is 16.5. The number of hydrogen-bond acceptors (Lipinski definition) is 11. The second kappa shape index (κ2) is 16.3. The number of carbonyl (C=O) groups is 2. The van der Waals surface area contributed by atoms with E-state index in [9.17, 15) is 9.59 Å². The molecule has 2 amide bonds. The number of aryl methyl sites for hydroxylation is 2. The van der Waals surface area contributed by atoms with Crippen LogP contribution >= 0.6 is 0 Å². The number of carbonyl (C=O) groups excluding carboxylic acids is 2. The van der Waals surface area contributed by atoms with Crippen molar-refractivity contribution in [3.63, 3.8) is 0 Å². The molecule has 4 N–H and O–H groups in total. The number of methoxy groups -OCH3 is 4. The first-order chi connectivity index (χ1) is 27.1. The van der Waals surface area contributed by atoms with E-state index in [4.69, 9.17) is 29.7 Å². The van der Waals surface area contributed by atoms with Gasteiger partial charge in [-0.15, -0.1) is 0 Å². The summed E-state index contributed by atoms with van der Waals surface area (Å²) in [5, 5.41) is 6.89. The van der Waals surface area contributed by atoms with Crippen LogP contribution < -0.4 is 35.3 Å². The van der Waals surface area contributed by atoms with Crippen molar-refractivity contribution < 1.29 is 28.5 Å². The minimum atomic E-state index is -0.287. The van der Waals surface area contributed by atoms with Crippen LogP contribution in [0.3, 0.4) is 0 Å². The standard InChI is InChI=1S/C26H25N3O4.C18H23N3O2/c1-15-12-21-18(24(28-15)27-14-16-8-9-17(32-2)13-23(16)33-3)10-11-22(21)29-25(30)19-6-4-5-7-20(19)26(29)31;1-11-8-15-14(6-7-16(15)19)18(21-11)20-10-12-4-5-13(22-2)9-17(12)23-3/h4-9,12-13,22H,10-11,14H2,1-3H3,(H,27,28);4-5,8-9,16H,6-7,10,19H2,1-3H3,(H,20,21)/t22-;16-/m11/s1. The summed E-state index contributed by atoms with van der Waals surface area (Å²) in [6.45, 7) is 5.10. The molecule has 0 unspecified atom stereocenters. The lowest BCUT2D eigenvalue weighted by molar-refractivity contribution is 0.0582. The first kappa shape index (κ1) is 38.1. The average molecular weight is 757 g/mol. The van der Waals surface area contributed by atoms with Gasteiger partial charge in [0.25, 0.3) is 11.8 Å². The summed E-state index contributed by atoms with van der Waals surface area (Å²) in [7, 11) is 6.57. The van der Waals surface area contributed by atoms with Crippen molar-refractivity contribution in [1.29, 1.82) is 0 Å². The third-order valence-corrected chi connectivity index (χ3v) is 10.7. The van der Waals surface area contributed by atoms with Gasteiger partial charge in [-0.1, -0.05) is 12.1 Å². The van der Waals surface area contributed by atoms with E-state index in [0.717, 1.165) is 87.5 Å². The number of nitrogens with one attached hydrogen (secondary N) is 2. The molecule has 8 rings (SSSR count). The molecule has 0 spiro atoms. The SMILES string of the molecule is COc1ccc(CNc2nc(C)cc3c2CC[C@H]3N)c(OC)c1.COc1ccc(CNc2nc(C)cc3c2CC[C@H]3N2C(=O)c3ccccc3C2=O)c(OC)c1. The molecule has 0 fully saturated rings. The van der Waals surface area contributed by atoms with Gasteiger partial charge in [0.1, 0.15) is 34.6 Å². The number of nitrogens with two attached hydrogens (primary N) is 1. The van der Waals surface area contributed by atoms with Crippen LogP contribution in [-0.2, 0) is 25.9 Å². The molecule has 12 nitrogen and oxygen atoms in total. The molecule has 3 aromatic carbocycles. The highest BCUT2D eigenvalue weighted by Gasteiger charge is 2.43. The highest BCUT2D eigenvalue weighted by molar-refractivity contribution is 6.21. The van der Waals surface area contributed by atoms with Gasteiger partial charge in [0, 0.05) is 53.8 Å². The van der Waals surface area contributed by atoms with Crippen LogP contribution in [0.5, 0.6) is 23.0 Å². The Morgan fingerprint density at radius 2 is 1.14 bits per heavy atom. The number of aromatic nitrogens is 2. The fourth-order valence-electron chi connectivity index (χ4n) is 7.90. The molecule has 0 saturated heterocycles. The summed E-state index contributed by atoms with van der Waals surface area (Å²) in [6.07, 6.45) is 3.39. The maximum atomic E-state index is 13.1. The Morgan fingerprint density at radius 3 is 1.64 bits per heavy atom. The lowest BCUT2D eigenvalue weighted by atomic mass is 10.1. The van der Waals surface area contributed by atoms with E-state index in [-0.39, 0.29) is 23.9 Å². The fraction of sp³-hybridized carbons (Fsp3) is 0.318. The number of pyridine rings is 2. The molecule has 0 bridgehead atoms. The Kier molecular flexibility index (Phi) is 11.1. The summed E-state index contributed by atoms with van der Waals surface area (Å²) in [5.41, 5.74) is 15.5. The fourth-order valence-corrected chi connectivity index (χ4v) is 7.90. The third kappa shape index (κ3) is 7.44. The summed E-state index contributed by atoms with van der Waals surface area (Å²) >= 11 is 0. The van der Waals surface area contributed by atoms with Crippen molar-refractivity contribution in [1.82, 2.24) is 14.9 Å². The van der Waals surface area contributed by atoms with Gasteiger partial charge < -0.3 is 35.3 Å². The van der Waals surface area contributed by atoms with Gasteiger partial charge >= 0.3 is 0 Å². The number of rotatable bonds is 11. The molecule has 2 aliphatic carbocycles. The summed E-state index contributed by atoms with van der Waals surface area (Å²) < 4.78 is 21.5. The molecule has 56 heavy (non-hydrogen) atoms. The second-order valence-corrected chi connectivity index (χ2v) is 14.1. The molecular formula is C44H48N6O6. The molecule has 0 radical (unpaired) electrons. The van der Waals surface area contributed by atoms with Gasteiger partial charge in [-0.3, -0.25) is 14.5 Å². The van der Waals surface area contributed by atoms with E-state index < -0.39 is 0 Å². The van der Waals surface area contributed by atoms with Gasteiger partial charge in [-0.2, -0.15) is 0 Å². The minimum Gasteiger partial charge on any atom is -0.497 e. The molecule has 12 heteroatoms. The number of benzene rings is 3. The topological polar surface area (TPSA) is 150 Å². The van der Waals surface area contributed by atoms with Crippen LogP contribution in [0.1, 0.15) is 90.4 Å². The number of ether oxygens (including phenoxy) is 4. The van der Waals surface area contributed by atoms with Gasteiger partial charge in [-0.05, 0) is 110 Å². The number of fused-ring (bicyclic) bond motifs is 3. The average Bonchev–Trinajstić information content (AvgIpc) is 3.88. The van der Waals surface area contributed by atoms with Crippen LogP contribution in [0.15, 0.2) is 72.8 Å². The molecular weight excluding hydrogens is 709 g/mol. The van der Waals surface area contributed by atoms with E-state index in [1.807, 2.05) is 56.3 Å². The van der Waals surface area contributed by atoms with Crippen LogP contribution in [0, 0.1) is 13.8 Å². The van der Waals surface area contributed by atoms with E-state index in [1.165, 1.54) is 16.0 Å². The second-order valence-electron chi connectivity index (χ2n) is 14.1. The zero-order valence-corrected chi connectivity index (χ0v) is 32.7. The van der Waals surface area contributed by atoms with Gasteiger partial charge in [0.2, 0.25) is 0 Å². The summed E-state index contributed by atoms with van der Waals surface area (Å²) in [5.74, 6) is 4.32. The van der Waals surface area contributed by atoms with Crippen LogP contribution in [0.2, 0.25) is 0 Å². The molecule has 3 aliphatic rings. The Morgan fingerprint density at radius 1 is 0.661 bits per heavy atom. The molecule has 5 aromatic rings. The Labute approximate surface area is 327 Å².